The van der Waals surface area contributed by atoms with E-state index in [1.165, 1.54) is 12.1 Å². The van der Waals surface area contributed by atoms with Crippen LogP contribution in [0.5, 0.6) is 0 Å². The summed E-state index contributed by atoms with van der Waals surface area (Å²) in [5.74, 6) is -2.28. The van der Waals surface area contributed by atoms with Crippen molar-refractivity contribution in [1.82, 2.24) is 5.32 Å². The van der Waals surface area contributed by atoms with Crippen LogP contribution in [0, 0.1) is 17.6 Å². The Morgan fingerprint density at radius 1 is 1.44 bits per heavy atom. The molecule has 1 aliphatic rings. The first kappa shape index (κ1) is 13.0. The van der Waals surface area contributed by atoms with Gasteiger partial charge in [0.05, 0.1) is 12.5 Å². The van der Waals surface area contributed by atoms with Gasteiger partial charge in [-0.1, -0.05) is 6.07 Å². The molecule has 5 heteroatoms. The molecule has 1 heterocycles. The molecule has 3 nitrogen and oxygen atoms in total. The molecule has 2 rings (SSSR count). The molecule has 1 N–H and O–H groups in total. The minimum atomic E-state index is -0.616. The van der Waals surface area contributed by atoms with Crippen LogP contribution in [0.4, 0.5) is 8.78 Å². The lowest BCUT2D eigenvalue weighted by Crippen LogP contribution is -2.24. The fourth-order valence-corrected chi connectivity index (χ4v) is 2.30. The van der Waals surface area contributed by atoms with Crippen molar-refractivity contribution in [3.05, 3.63) is 35.4 Å². The number of hydrogen-bond donors (Lipinski definition) is 1. The summed E-state index contributed by atoms with van der Waals surface area (Å²) in [5, 5.41) is 3.04. The summed E-state index contributed by atoms with van der Waals surface area (Å²) >= 11 is 0. The molecule has 1 aliphatic heterocycles. The average Bonchev–Trinajstić information content (AvgIpc) is 2.78. The van der Waals surface area contributed by atoms with Gasteiger partial charge in [-0.15, -0.1) is 0 Å². The molecule has 0 bridgehead atoms. The Hall–Kier alpha value is -1.49. The van der Waals surface area contributed by atoms with Crippen molar-refractivity contribution in [2.45, 2.75) is 12.8 Å². The second-order valence-electron chi connectivity index (χ2n) is 4.29. The van der Waals surface area contributed by atoms with Gasteiger partial charge in [-0.3, -0.25) is 4.79 Å². The van der Waals surface area contributed by atoms with E-state index in [4.69, 9.17) is 4.74 Å². The zero-order chi connectivity index (χ0) is 13.1. The number of carbonyl (C=O) groups is 1. The molecule has 1 saturated heterocycles. The van der Waals surface area contributed by atoms with E-state index in [-0.39, 0.29) is 11.9 Å². The Balaban J connectivity index is 2.23. The number of carbonyl (C=O) groups excluding carboxylic acids is 1. The Morgan fingerprint density at radius 3 is 2.89 bits per heavy atom. The second-order valence-corrected chi connectivity index (χ2v) is 4.29. The first-order valence-corrected chi connectivity index (χ1v) is 5.95. The largest absolute Gasteiger partial charge is 0.466 e. The van der Waals surface area contributed by atoms with Crippen molar-refractivity contribution in [2.24, 2.45) is 5.92 Å². The molecule has 0 saturated carbocycles. The lowest BCUT2D eigenvalue weighted by molar-refractivity contribution is -0.147. The van der Waals surface area contributed by atoms with Crippen LogP contribution in [0.25, 0.3) is 0 Å². The molecule has 98 valence electrons. The predicted octanol–water partition coefficient (Wildman–Crippen LogP) is 1.83. The third-order valence-electron chi connectivity index (χ3n) is 3.17. The van der Waals surface area contributed by atoms with Gasteiger partial charge in [-0.25, -0.2) is 8.78 Å². The van der Waals surface area contributed by atoms with Crippen LogP contribution in [0.1, 0.15) is 18.4 Å². The Labute approximate surface area is 104 Å². The van der Waals surface area contributed by atoms with Gasteiger partial charge in [0.25, 0.3) is 0 Å². The molecule has 0 aromatic heterocycles. The first-order valence-electron chi connectivity index (χ1n) is 5.95. The third kappa shape index (κ3) is 2.51. The SMILES string of the molecule is CCOC(=O)C1CNCC1c1ccc(F)cc1F. The van der Waals surface area contributed by atoms with E-state index in [0.29, 0.717) is 25.3 Å². The summed E-state index contributed by atoms with van der Waals surface area (Å²) in [4.78, 5) is 11.7. The molecular weight excluding hydrogens is 240 g/mol. The van der Waals surface area contributed by atoms with E-state index in [1.54, 1.807) is 6.92 Å². The van der Waals surface area contributed by atoms with E-state index in [2.05, 4.69) is 5.32 Å². The number of rotatable bonds is 3. The molecular formula is C13H15F2NO2. The molecule has 0 spiro atoms. The lowest BCUT2D eigenvalue weighted by Gasteiger charge is -2.18. The fraction of sp³-hybridized carbons (Fsp3) is 0.462. The van der Waals surface area contributed by atoms with Gasteiger partial charge in [0, 0.05) is 25.1 Å². The van der Waals surface area contributed by atoms with Crippen molar-refractivity contribution >= 4 is 5.97 Å². The minimum Gasteiger partial charge on any atom is -0.466 e. The standard InChI is InChI=1S/C13H15F2NO2/c1-2-18-13(17)11-7-16-6-10(11)9-4-3-8(14)5-12(9)15/h3-5,10-11,16H,2,6-7H2,1H3. The van der Waals surface area contributed by atoms with E-state index in [9.17, 15) is 13.6 Å². The van der Waals surface area contributed by atoms with Crippen molar-refractivity contribution in [3.63, 3.8) is 0 Å². The lowest BCUT2D eigenvalue weighted by atomic mass is 9.88. The highest BCUT2D eigenvalue weighted by molar-refractivity contribution is 5.74. The summed E-state index contributed by atoms with van der Waals surface area (Å²) in [6.07, 6.45) is 0. The van der Waals surface area contributed by atoms with Gasteiger partial charge in [0.15, 0.2) is 0 Å². The van der Waals surface area contributed by atoms with Gasteiger partial charge in [-0.2, -0.15) is 0 Å². The number of esters is 1. The molecule has 2 atom stereocenters. The molecule has 2 unspecified atom stereocenters. The normalized spacial score (nSPS) is 23.1. The smallest absolute Gasteiger partial charge is 0.310 e. The highest BCUT2D eigenvalue weighted by Crippen LogP contribution is 2.31. The fourth-order valence-electron chi connectivity index (χ4n) is 2.30. The zero-order valence-electron chi connectivity index (χ0n) is 10.1. The summed E-state index contributed by atoms with van der Waals surface area (Å²) < 4.78 is 31.5. The van der Waals surface area contributed by atoms with Gasteiger partial charge < -0.3 is 10.1 Å². The van der Waals surface area contributed by atoms with Crippen LogP contribution in [-0.4, -0.2) is 25.7 Å². The number of benzene rings is 1. The highest BCUT2D eigenvalue weighted by atomic mass is 19.1. The number of halogens is 2. The van der Waals surface area contributed by atoms with E-state index >= 15 is 0 Å². The van der Waals surface area contributed by atoms with Gasteiger partial charge in [0.1, 0.15) is 11.6 Å². The topological polar surface area (TPSA) is 38.3 Å². The predicted molar refractivity (Wildman–Crippen MR) is 62.1 cm³/mol. The van der Waals surface area contributed by atoms with Crippen LogP contribution < -0.4 is 5.32 Å². The van der Waals surface area contributed by atoms with Gasteiger partial charge in [0.2, 0.25) is 0 Å². The molecule has 1 fully saturated rings. The molecule has 1 aromatic carbocycles. The van der Waals surface area contributed by atoms with Crippen LogP contribution in [0.2, 0.25) is 0 Å². The Kier molecular flexibility index (Phi) is 3.91. The monoisotopic (exact) mass is 255 g/mol. The molecule has 0 aliphatic carbocycles. The average molecular weight is 255 g/mol. The number of ether oxygens (including phenoxy) is 1. The Bertz CT molecular complexity index is 451. The molecule has 0 amide bonds. The summed E-state index contributed by atoms with van der Waals surface area (Å²) in [6, 6.07) is 3.45. The third-order valence-corrected chi connectivity index (χ3v) is 3.17. The maximum Gasteiger partial charge on any atom is 0.310 e. The van der Waals surface area contributed by atoms with Crippen LogP contribution >= 0.6 is 0 Å². The second kappa shape index (κ2) is 5.44. The summed E-state index contributed by atoms with van der Waals surface area (Å²) in [5.41, 5.74) is 0.361. The minimum absolute atomic E-state index is 0.300. The first-order chi connectivity index (χ1) is 8.63. The molecule has 18 heavy (non-hydrogen) atoms. The van der Waals surface area contributed by atoms with Crippen molar-refractivity contribution < 1.29 is 18.3 Å². The van der Waals surface area contributed by atoms with E-state index in [0.717, 1.165) is 6.07 Å². The number of nitrogens with one attached hydrogen (secondary N) is 1. The van der Waals surface area contributed by atoms with Gasteiger partial charge >= 0.3 is 5.97 Å². The van der Waals surface area contributed by atoms with Crippen molar-refractivity contribution in [3.8, 4) is 0 Å². The molecule has 1 aromatic rings. The summed E-state index contributed by atoms with van der Waals surface area (Å²) in [6.45, 7) is 2.98. The van der Waals surface area contributed by atoms with Gasteiger partial charge in [-0.05, 0) is 18.6 Å². The highest BCUT2D eigenvalue weighted by Gasteiger charge is 2.36. The quantitative estimate of drug-likeness (QED) is 0.837. The van der Waals surface area contributed by atoms with Crippen molar-refractivity contribution in [1.29, 1.82) is 0 Å². The van der Waals surface area contributed by atoms with E-state index < -0.39 is 17.6 Å². The molecule has 0 radical (unpaired) electrons. The maximum absolute atomic E-state index is 13.7. The Morgan fingerprint density at radius 2 is 2.22 bits per heavy atom. The van der Waals surface area contributed by atoms with Crippen LogP contribution in [0.15, 0.2) is 18.2 Å². The van der Waals surface area contributed by atoms with Crippen LogP contribution in [-0.2, 0) is 9.53 Å². The zero-order valence-corrected chi connectivity index (χ0v) is 10.1. The van der Waals surface area contributed by atoms with E-state index in [1.807, 2.05) is 0 Å². The number of hydrogen-bond acceptors (Lipinski definition) is 3. The van der Waals surface area contributed by atoms with Crippen LogP contribution in [0.3, 0.4) is 0 Å². The maximum atomic E-state index is 13.7. The summed E-state index contributed by atoms with van der Waals surface area (Å²) in [7, 11) is 0. The van der Waals surface area contributed by atoms with Crippen molar-refractivity contribution in [2.75, 3.05) is 19.7 Å².